The first kappa shape index (κ1) is 12.6. The van der Waals surface area contributed by atoms with Gasteiger partial charge >= 0.3 is 0 Å². The summed E-state index contributed by atoms with van der Waals surface area (Å²) in [4.78, 5) is 4.02. The number of pyridine rings is 1. The summed E-state index contributed by atoms with van der Waals surface area (Å²) in [6.45, 7) is 2.22. The Balaban J connectivity index is 2.55. The monoisotopic (exact) mass is 248 g/mol. The van der Waals surface area contributed by atoms with Gasteiger partial charge in [0.15, 0.2) is 0 Å². The Kier molecular flexibility index (Phi) is 3.67. The maximum atomic E-state index is 14.0. The highest BCUT2D eigenvalue weighted by Crippen LogP contribution is 2.27. The van der Waals surface area contributed by atoms with E-state index in [1.165, 1.54) is 18.3 Å². The number of nitrogens with one attached hydrogen (secondary N) is 1. The molecule has 0 aliphatic carbocycles. The fraction of sp³-hybridized carbons (Fsp3) is 0.214. The summed E-state index contributed by atoms with van der Waals surface area (Å²) in [5, 5.41) is 2.98. The van der Waals surface area contributed by atoms with Crippen molar-refractivity contribution in [3.63, 3.8) is 0 Å². The van der Waals surface area contributed by atoms with Gasteiger partial charge in [0.2, 0.25) is 0 Å². The molecule has 94 valence electrons. The van der Waals surface area contributed by atoms with E-state index in [0.717, 1.165) is 5.56 Å². The summed E-state index contributed by atoms with van der Waals surface area (Å²) >= 11 is 0. The van der Waals surface area contributed by atoms with Crippen molar-refractivity contribution in [1.82, 2.24) is 10.3 Å². The molecule has 0 aliphatic rings. The van der Waals surface area contributed by atoms with Crippen LogP contribution in [-0.4, -0.2) is 12.0 Å². The van der Waals surface area contributed by atoms with Crippen LogP contribution in [0.5, 0.6) is 0 Å². The summed E-state index contributed by atoms with van der Waals surface area (Å²) in [5.74, 6) is -1.10. The van der Waals surface area contributed by atoms with Gasteiger partial charge < -0.3 is 5.32 Å². The maximum absolute atomic E-state index is 14.0. The number of hydrogen-bond acceptors (Lipinski definition) is 2. The number of halogens is 2. The molecule has 2 aromatic rings. The van der Waals surface area contributed by atoms with Gasteiger partial charge in [0.1, 0.15) is 11.6 Å². The topological polar surface area (TPSA) is 24.9 Å². The molecule has 0 fully saturated rings. The van der Waals surface area contributed by atoms with Crippen LogP contribution in [0.2, 0.25) is 0 Å². The third kappa shape index (κ3) is 2.38. The first-order valence-electron chi connectivity index (χ1n) is 5.67. The fourth-order valence-electron chi connectivity index (χ4n) is 1.85. The van der Waals surface area contributed by atoms with Crippen molar-refractivity contribution < 1.29 is 8.78 Å². The molecule has 0 atom stereocenters. The van der Waals surface area contributed by atoms with Crippen LogP contribution < -0.4 is 5.32 Å². The first-order chi connectivity index (χ1) is 8.63. The summed E-state index contributed by atoms with van der Waals surface area (Å²) < 4.78 is 27.7. The highest BCUT2D eigenvalue weighted by Gasteiger charge is 2.14. The van der Waals surface area contributed by atoms with Crippen molar-refractivity contribution in [3.8, 4) is 11.1 Å². The van der Waals surface area contributed by atoms with Crippen molar-refractivity contribution in [2.45, 2.75) is 13.5 Å². The number of benzene rings is 1. The lowest BCUT2D eigenvalue weighted by atomic mass is 10.0. The van der Waals surface area contributed by atoms with E-state index in [9.17, 15) is 8.78 Å². The second-order valence-corrected chi connectivity index (χ2v) is 4.17. The Morgan fingerprint density at radius 2 is 2.00 bits per heavy atom. The first-order valence-corrected chi connectivity index (χ1v) is 5.67. The molecule has 0 amide bonds. The van der Waals surface area contributed by atoms with Crippen LogP contribution in [0.3, 0.4) is 0 Å². The lowest BCUT2D eigenvalue weighted by Gasteiger charge is -2.08. The standard InChI is InChI=1S/C14H14F2N2/c1-9-3-4-12(15)13(14(9)16)11-5-10(6-17-2)7-18-8-11/h3-5,7-8,17H,6H2,1-2H3. The zero-order valence-electron chi connectivity index (χ0n) is 10.3. The second-order valence-electron chi connectivity index (χ2n) is 4.17. The van der Waals surface area contributed by atoms with Gasteiger partial charge in [0.05, 0.1) is 5.56 Å². The Hall–Kier alpha value is -1.81. The molecule has 1 N–H and O–H groups in total. The molecule has 18 heavy (non-hydrogen) atoms. The van der Waals surface area contributed by atoms with Crippen molar-refractivity contribution >= 4 is 0 Å². The van der Waals surface area contributed by atoms with E-state index in [1.807, 2.05) is 0 Å². The van der Waals surface area contributed by atoms with E-state index in [-0.39, 0.29) is 5.56 Å². The van der Waals surface area contributed by atoms with Crippen LogP contribution >= 0.6 is 0 Å². The SMILES string of the molecule is CNCc1cncc(-c2c(F)ccc(C)c2F)c1. The number of hydrogen-bond donors (Lipinski definition) is 1. The maximum Gasteiger partial charge on any atom is 0.136 e. The molecular formula is C14H14F2N2. The fourth-order valence-corrected chi connectivity index (χ4v) is 1.85. The van der Waals surface area contributed by atoms with Crippen LogP contribution in [-0.2, 0) is 6.54 Å². The van der Waals surface area contributed by atoms with Crippen molar-refractivity contribution in [2.75, 3.05) is 7.05 Å². The predicted octanol–water partition coefficient (Wildman–Crippen LogP) is 3.05. The number of rotatable bonds is 3. The van der Waals surface area contributed by atoms with Crippen molar-refractivity contribution in [1.29, 1.82) is 0 Å². The third-order valence-electron chi connectivity index (χ3n) is 2.75. The third-order valence-corrected chi connectivity index (χ3v) is 2.75. The van der Waals surface area contributed by atoms with E-state index >= 15 is 0 Å². The number of nitrogens with zero attached hydrogens (tertiary/aromatic N) is 1. The Bertz CT molecular complexity index is 568. The van der Waals surface area contributed by atoms with Crippen LogP contribution in [0, 0.1) is 18.6 Å². The zero-order chi connectivity index (χ0) is 13.1. The van der Waals surface area contributed by atoms with E-state index in [4.69, 9.17) is 0 Å². The minimum Gasteiger partial charge on any atom is -0.316 e. The number of aromatic nitrogens is 1. The quantitative estimate of drug-likeness (QED) is 0.903. The lowest BCUT2D eigenvalue weighted by Crippen LogP contribution is -2.05. The Morgan fingerprint density at radius 3 is 2.72 bits per heavy atom. The van der Waals surface area contributed by atoms with Gasteiger partial charge in [-0.25, -0.2) is 8.78 Å². The molecule has 4 heteroatoms. The molecule has 0 saturated heterocycles. The summed E-state index contributed by atoms with van der Waals surface area (Å²) in [5.41, 5.74) is 1.75. The van der Waals surface area contributed by atoms with Gasteiger partial charge in [-0.1, -0.05) is 6.07 Å². The van der Waals surface area contributed by atoms with Crippen molar-refractivity contribution in [3.05, 3.63) is 53.4 Å². The molecule has 0 radical (unpaired) electrons. The highest BCUT2D eigenvalue weighted by molar-refractivity contribution is 5.65. The molecule has 0 aliphatic heterocycles. The summed E-state index contributed by atoms with van der Waals surface area (Å²) in [6.07, 6.45) is 3.14. The normalized spacial score (nSPS) is 10.7. The molecule has 0 unspecified atom stereocenters. The minimum atomic E-state index is -0.568. The van der Waals surface area contributed by atoms with Crippen LogP contribution in [0.4, 0.5) is 8.78 Å². The molecule has 0 spiro atoms. The van der Waals surface area contributed by atoms with E-state index in [1.54, 1.807) is 26.2 Å². The molecule has 2 nitrogen and oxygen atoms in total. The van der Waals surface area contributed by atoms with Gasteiger partial charge in [0.25, 0.3) is 0 Å². The van der Waals surface area contributed by atoms with E-state index in [0.29, 0.717) is 17.7 Å². The van der Waals surface area contributed by atoms with Gasteiger partial charge in [-0.15, -0.1) is 0 Å². The molecule has 1 aromatic heterocycles. The van der Waals surface area contributed by atoms with E-state index in [2.05, 4.69) is 10.3 Å². The Morgan fingerprint density at radius 1 is 1.22 bits per heavy atom. The summed E-state index contributed by atoms with van der Waals surface area (Å²) in [6, 6.07) is 4.45. The zero-order valence-corrected chi connectivity index (χ0v) is 10.3. The molecule has 2 rings (SSSR count). The van der Waals surface area contributed by atoms with Gasteiger partial charge in [-0.2, -0.15) is 0 Å². The van der Waals surface area contributed by atoms with Crippen LogP contribution in [0.1, 0.15) is 11.1 Å². The second kappa shape index (κ2) is 5.23. The predicted molar refractivity (Wildman–Crippen MR) is 67.1 cm³/mol. The summed E-state index contributed by atoms with van der Waals surface area (Å²) in [7, 11) is 1.81. The van der Waals surface area contributed by atoms with Crippen molar-refractivity contribution in [2.24, 2.45) is 0 Å². The number of aryl methyl sites for hydroxylation is 1. The van der Waals surface area contributed by atoms with E-state index < -0.39 is 11.6 Å². The molecular weight excluding hydrogens is 234 g/mol. The largest absolute Gasteiger partial charge is 0.316 e. The Labute approximate surface area is 105 Å². The average Bonchev–Trinajstić information content (AvgIpc) is 2.35. The molecule has 0 bridgehead atoms. The van der Waals surface area contributed by atoms with Crippen LogP contribution in [0.15, 0.2) is 30.6 Å². The minimum absolute atomic E-state index is 0.0135. The van der Waals surface area contributed by atoms with Crippen LogP contribution in [0.25, 0.3) is 11.1 Å². The van der Waals surface area contributed by atoms with Gasteiger partial charge in [-0.05, 0) is 37.2 Å². The average molecular weight is 248 g/mol. The lowest BCUT2D eigenvalue weighted by molar-refractivity contribution is 0.583. The molecule has 1 aromatic carbocycles. The smallest absolute Gasteiger partial charge is 0.136 e. The molecule has 1 heterocycles. The van der Waals surface area contributed by atoms with Gasteiger partial charge in [-0.3, -0.25) is 4.98 Å². The highest BCUT2D eigenvalue weighted by atomic mass is 19.1. The van der Waals surface area contributed by atoms with Gasteiger partial charge in [0, 0.05) is 24.5 Å². The molecule has 0 saturated carbocycles.